The van der Waals surface area contributed by atoms with E-state index in [9.17, 15) is 14.7 Å². The van der Waals surface area contributed by atoms with Crippen LogP contribution in [-0.2, 0) is 0 Å². The molecular weight excluding hydrogens is 230 g/mol. The van der Waals surface area contributed by atoms with Crippen molar-refractivity contribution >= 4 is 11.9 Å². The summed E-state index contributed by atoms with van der Waals surface area (Å²) in [6.07, 6.45) is -1.08. The molecule has 1 aromatic rings. The number of amides is 1. The van der Waals surface area contributed by atoms with Gasteiger partial charge in [-0.2, -0.15) is 0 Å². The predicted octanol–water partition coefficient (Wildman–Crippen LogP) is 3.04. The minimum absolute atomic E-state index is 0.187. The van der Waals surface area contributed by atoms with Gasteiger partial charge in [-0.05, 0) is 27.7 Å². The highest BCUT2D eigenvalue weighted by Gasteiger charge is 2.34. The third-order valence-corrected chi connectivity index (χ3v) is 2.75. The second kappa shape index (κ2) is 5.21. The van der Waals surface area contributed by atoms with Crippen molar-refractivity contribution in [3.63, 3.8) is 0 Å². The van der Waals surface area contributed by atoms with Crippen molar-refractivity contribution in [2.45, 2.75) is 39.3 Å². The summed E-state index contributed by atoms with van der Waals surface area (Å²) in [6, 6.07) is 8.04. The SMILES string of the molecule is C[C@H](C(=O)c1ccccc1)N(C(=O)O)C(C)(C)C. The predicted molar refractivity (Wildman–Crippen MR) is 69.9 cm³/mol. The van der Waals surface area contributed by atoms with Gasteiger partial charge in [-0.1, -0.05) is 30.3 Å². The molecule has 0 saturated heterocycles. The first-order chi connectivity index (χ1) is 8.25. The number of nitrogens with zero attached hydrogens (tertiary/aromatic N) is 1. The topological polar surface area (TPSA) is 57.6 Å². The smallest absolute Gasteiger partial charge is 0.408 e. The Bertz CT molecular complexity index is 434. The van der Waals surface area contributed by atoms with Crippen LogP contribution in [-0.4, -0.2) is 33.5 Å². The fourth-order valence-electron chi connectivity index (χ4n) is 1.99. The number of ketones is 1. The number of hydrogen-bond acceptors (Lipinski definition) is 2. The third-order valence-electron chi connectivity index (χ3n) is 2.75. The molecule has 0 aliphatic heterocycles. The van der Waals surface area contributed by atoms with E-state index >= 15 is 0 Å². The van der Waals surface area contributed by atoms with E-state index < -0.39 is 17.7 Å². The van der Waals surface area contributed by atoms with Crippen molar-refractivity contribution in [2.24, 2.45) is 0 Å². The van der Waals surface area contributed by atoms with Crippen LogP contribution < -0.4 is 0 Å². The molecule has 98 valence electrons. The number of rotatable bonds is 3. The van der Waals surface area contributed by atoms with Gasteiger partial charge in [0, 0.05) is 11.1 Å². The van der Waals surface area contributed by atoms with Crippen LogP contribution in [0.4, 0.5) is 4.79 Å². The molecule has 0 aromatic heterocycles. The van der Waals surface area contributed by atoms with Crippen LogP contribution in [0.1, 0.15) is 38.1 Å². The summed E-state index contributed by atoms with van der Waals surface area (Å²) in [4.78, 5) is 24.7. The van der Waals surface area contributed by atoms with Gasteiger partial charge in [0.05, 0.1) is 6.04 Å². The number of carbonyl (C=O) groups is 2. The standard InChI is InChI=1S/C14H19NO3/c1-10(15(13(17)18)14(2,3)4)12(16)11-8-6-5-7-9-11/h5-10H,1-4H3,(H,17,18)/t10-/m1/s1. The average molecular weight is 249 g/mol. The molecule has 0 heterocycles. The average Bonchev–Trinajstić information content (AvgIpc) is 2.26. The number of carboxylic acid groups (broad SMARTS) is 1. The zero-order valence-electron chi connectivity index (χ0n) is 11.2. The normalized spacial score (nSPS) is 12.9. The highest BCUT2D eigenvalue weighted by molar-refractivity contribution is 6.01. The quantitative estimate of drug-likeness (QED) is 0.838. The molecule has 1 N–H and O–H groups in total. The first-order valence-corrected chi connectivity index (χ1v) is 5.86. The van der Waals surface area contributed by atoms with E-state index in [2.05, 4.69) is 0 Å². The first kappa shape index (κ1) is 14.2. The molecule has 0 unspecified atom stereocenters. The van der Waals surface area contributed by atoms with E-state index in [0.717, 1.165) is 0 Å². The maximum absolute atomic E-state index is 12.2. The molecule has 18 heavy (non-hydrogen) atoms. The molecule has 0 bridgehead atoms. The molecule has 1 aromatic carbocycles. The monoisotopic (exact) mass is 249 g/mol. The number of hydrogen-bond donors (Lipinski definition) is 1. The van der Waals surface area contributed by atoms with Crippen molar-refractivity contribution in [2.75, 3.05) is 0 Å². The molecule has 1 rings (SSSR count). The van der Waals surface area contributed by atoms with E-state index in [1.807, 2.05) is 6.07 Å². The molecule has 0 spiro atoms. The summed E-state index contributed by atoms with van der Waals surface area (Å²) in [6.45, 7) is 6.94. The fourth-order valence-corrected chi connectivity index (χ4v) is 1.99. The molecule has 0 radical (unpaired) electrons. The summed E-state index contributed by atoms with van der Waals surface area (Å²) in [5, 5.41) is 9.25. The highest BCUT2D eigenvalue weighted by atomic mass is 16.4. The Kier molecular flexibility index (Phi) is 4.11. The minimum Gasteiger partial charge on any atom is -0.465 e. The number of benzene rings is 1. The molecule has 4 nitrogen and oxygen atoms in total. The van der Waals surface area contributed by atoms with Crippen LogP contribution in [0, 0.1) is 0 Å². The summed E-state index contributed by atoms with van der Waals surface area (Å²) in [7, 11) is 0. The fraction of sp³-hybridized carbons (Fsp3) is 0.429. The van der Waals surface area contributed by atoms with E-state index in [0.29, 0.717) is 5.56 Å². The summed E-state index contributed by atoms with van der Waals surface area (Å²) >= 11 is 0. The lowest BCUT2D eigenvalue weighted by molar-refractivity contribution is 0.0589. The molecular formula is C14H19NO3. The van der Waals surface area contributed by atoms with Crippen LogP contribution in [0.3, 0.4) is 0 Å². The Morgan fingerprint density at radius 1 is 1.17 bits per heavy atom. The molecule has 0 saturated carbocycles. The maximum atomic E-state index is 12.2. The van der Waals surface area contributed by atoms with E-state index in [1.54, 1.807) is 52.0 Å². The van der Waals surface area contributed by atoms with E-state index in [-0.39, 0.29) is 5.78 Å². The van der Waals surface area contributed by atoms with Gasteiger partial charge in [0.15, 0.2) is 5.78 Å². The highest BCUT2D eigenvalue weighted by Crippen LogP contribution is 2.20. The minimum atomic E-state index is -1.08. The number of Topliss-reactive ketones (excluding diaryl/α,β-unsaturated/α-hetero) is 1. The van der Waals surface area contributed by atoms with Crippen molar-refractivity contribution in [3.8, 4) is 0 Å². The lowest BCUT2D eigenvalue weighted by Gasteiger charge is -2.37. The molecule has 4 heteroatoms. The maximum Gasteiger partial charge on any atom is 0.408 e. The van der Waals surface area contributed by atoms with Gasteiger partial charge in [-0.25, -0.2) is 4.79 Å². The largest absolute Gasteiger partial charge is 0.465 e. The van der Waals surface area contributed by atoms with Gasteiger partial charge in [0.1, 0.15) is 0 Å². The molecule has 0 fully saturated rings. The third kappa shape index (κ3) is 3.09. The Balaban J connectivity index is 3.02. The second-order valence-electron chi connectivity index (χ2n) is 5.23. The lowest BCUT2D eigenvalue weighted by atomic mass is 9.98. The summed E-state index contributed by atoms with van der Waals surface area (Å²) in [5.74, 6) is -0.187. The zero-order chi connectivity index (χ0) is 13.9. The van der Waals surface area contributed by atoms with Crippen molar-refractivity contribution < 1.29 is 14.7 Å². The van der Waals surface area contributed by atoms with Gasteiger partial charge >= 0.3 is 6.09 Å². The van der Waals surface area contributed by atoms with E-state index in [1.165, 1.54) is 4.90 Å². The number of carbonyl (C=O) groups excluding carboxylic acids is 1. The van der Waals surface area contributed by atoms with Gasteiger partial charge < -0.3 is 5.11 Å². The zero-order valence-corrected chi connectivity index (χ0v) is 11.2. The van der Waals surface area contributed by atoms with Crippen LogP contribution in [0.15, 0.2) is 30.3 Å². The van der Waals surface area contributed by atoms with Gasteiger partial charge in [0.2, 0.25) is 0 Å². The molecule has 0 aliphatic carbocycles. The van der Waals surface area contributed by atoms with Crippen LogP contribution >= 0.6 is 0 Å². The summed E-state index contributed by atoms with van der Waals surface area (Å²) in [5.41, 5.74) is -0.0871. The van der Waals surface area contributed by atoms with Gasteiger partial charge in [0.25, 0.3) is 0 Å². The van der Waals surface area contributed by atoms with Crippen LogP contribution in [0.25, 0.3) is 0 Å². The molecule has 1 amide bonds. The Labute approximate surface area is 107 Å². The lowest BCUT2D eigenvalue weighted by Crippen LogP contribution is -2.52. The van der Waals surface area contributed by atoms with Crippen molar-refractivity contribution in [1.29, 1.82) is 0 Å². The van der Waals surface area contributed by atoms with Crippen molar-refractivity contribution in [1.82, 2.24) is 4.90 Å². The molecule has 1 atom stereocenters. The van der Waals surface area contributed by atoms with Crippen LogP contribution in [0.5, 0.6) is 0 Å². The van der Waals surface area contributed by atoms with Crippen LogP contribution in [0.2, 0.25) is 0 Å². The van der Waals surface area contributed by atoms with Gasteiger partial charge in [-0.15, -0.1) is 0 Å². The van der Waals surface area contributed by atoms with Gasteiger partial charge in [-0.3, -0.25) is 9.69 Å². The summed E-state index contributed by atoms with van der Waals surface area (Å²) < 4.78 is 0. The second-order valence-corrected chi connectivity index (χ2v) is 5.23. The Hall–Kier alpha value is -1.84. The van der Waals surface area contributed by atoms with Crippen molar-refractivity contribution in [3.05, 3.63) is 35.9 Å². The Morgan fingerprint density at radius 3 is 2.06 bits per heavy atom. The molecule has 0 aliphatic rings. The first-order valence-electron chi connectivity index (χ1n) is 5.86. The van der Waals surface area contributed by atoms with E-state index in [4.69, 9.17) is 0 Å². The Morgan fingerprint density at radius 2 is 1.67 bits per heavy atom.